The molecule has 0 amide bonds. The van der Waals surface area contributed by atoms with Crippen LogP contribution in [0.2, 0.25) is 0 Å². The minimum atomic E-state index is -0.708. The molecule has 0 unspecified atom stereocenters. The summed E-state index contributed by atoms with van der Waals surface area (Å²) in [7, 11) is 0. The largest absolute Gasteiger partial charge is 0.347 e. The Bertz CT molecular complexity index is 431. The zero-order valence-corrected chi connectivity index (χ0v) is 7.74. The topological polar surface area (TPSA) is 61.1 Å². The predicted octanol–water partition coefficient (Wildman–Crippen LogP) is -0.485. The normalized spacial score (nSPS) is 9.83. The first-order valence-electron chi connectivity index (χ1n) is 3.04. The molecule has 64 valence electrons. The minimum Gasteiger partial charge on any atom is -0.278 e. The highest BCUT2D eigenvalue weighted by Crippen LogP contribution is 1.85. The van der Waals surface area contributed by atoms with Crippen molar-refractivity contribution in [2.45, 2.75) is 6.92 Å². The van der Waals surface area contributed by atoms with Gasteiger partial charge in [-0.25, -0.2) is 9.36 Å². The van der Waals surface area contributed by atoms with Gasteiger partial charge in [0, 0.05) is 11.8 Å². The molecule has 0 aromatic carbocycles. The summed E-state index contributed by atoms with van der Waals surface area (Å²) in [5.41, 5.74) is -0.850. The fraction of sp³-hybridized carbons (Fsp3) is 0.167. The first kappa shape index (κ1) is 8.92. The van der Waals surface area contributed by atoms with E-state index in [-0.39, 0.29) is 0 Å². The van der Waals surface area contributed by atoms with Crippen LogP contribution in [0.25, 0.3) is 0 Å². The third-order valence-corrected chi connectivity index (χ3v) is 1.98. The van der Waals surface area contributed by atoms with Crippen molar-refractivity contribution in [1.82, 2.24) is 8.16 Å². The predicted molar refractivity (Wildman–Crippen MR) is 46.2 cm³/mol. The molecule has 0 aliphatic heterocycles. The second kappa shape index (κ2) is 3.06. The van der Waals surface area contributed by atoms with E-state index in [4.69, 9.17) is 0 Å². The van der Waals surface area contributed by atoms with Gasteiger partial charge < -0.3 is 0 Å². The third kappa shape index (κ3) is 1.25. The molecule has 0 saturated heterocycles. The maximum absolute atomic E-state index is 11.0. The van der Waals surface area contributed by atoms with E-state index in [1.165, 1.54) is 13.1 Å². The van der Waals surface area contributed by atoms with Gasteiger partial charge in [0.2, 0.25) is 6.41 Å². The number of aryl methyl sites for hydroxylation is 1. The molecule has 6 heteroatoms. The standard InChI is InChI=1S/C6H5BrN2O3/c1-4-2-8(3-10)6(12)9(7)5(4)11/h2-3H,1H3. The van der Waals surface area contributed by atoms with Crippen LogP contribution < -0.4 is 11.2 Å². The number of halogens is 1. The zero-order chi connectivity index (χ0) is 9.30. The van der Waals surface area contributed by atoms with Crippen molar-refractivity contribution in [3.63, 3.8) is 0 Å². The van der Waals surface area contributed by atoms with Crippen LogP contribution in [0.4, 0.5) is 0 Å². The quantitative estimate of drug-likeness (QED) is 0.615. The van der Waals surface area contributed by atoms with Crippen LogP contribution in [0, 0.1) is 6.92 Å². The van der Waals surface area contributed by atoms with Gasteiger partial charge in [-0.3, -0.25) is 9.59 Å². The maximum Gasteiger partial charge on any atom is 0.347 e. The Morgan fingerprint density at radius 1 is 1.50 bits per heavy atom. The summed E-state index contributed by atoms with van der Waals surface area (Å²) in [6, 6.07) is 0. The van der Waals surface area contributed by atoms with Crippen molar-refractivity contribution >= 4 is 22.6 Å². The van der Waals surface area contributed by atoms with Crippen molar-refractivity contribution in [2.24, 2.45) is 0 Å². The summed E-state index contributed by atoms with van der Waals surface area (Å²) < 4.78 is 1.49. The summed E-state index contributed by atoms with van der Waals surface area (Å²) in [4.78, 5) is 32.3. The third-order valence-electron chi connectivity index (χ3n) is 1.35. The molecule has 0 fully saturated rings. The fourth-order valence-electron chi connectivity index (χ4n) is 0.738. The molecule has 12 heavy (non-hydrogen) atoms. The van der Waals surface area contributed by atoms with Crippen LogP contribution in [0.1, 0.15) is 5.56 Å². The Kier molecular flexibility index (Phi) is 2.27. The molecule has 0 aliphatic carbocycles. The molecule has 0 atom stereocenters. The number of carbonyl (C=O) groups is 1. The summed E-state index contributed by atoms with van der Waals surface area (Å²) >= 11 is 2.73. The number of aromatic nitrogens is 2. The molecule has 0 bridgehead atoms. The van der Waals surface area contributed by atoms with Crippen molar-refractivity contribution in [3.05, 3.63) is 32.6 Å². The molecule has 1 rings (SSSR count). The van der Waals surface area contributed by atoms with E-state index in [0.717, 1.165) is 4.57 Å². The number of rotatable bonds is 1. The maximum atomic E-state index is 11.0. The number of hydrogen-bond donors (Lipinski definition) is 0. The van der Waals surface area contributed by atoms with Gasteiger partial charge >= 0.3 is 5.69 Å². The van der Waals surface area contributed by atoms with Gasteiger partial charge in [-0.2, -0.15) is 3.59 Å². The molecule has 0 N–H and O–H groups in total. The highest BCUT2D eigenvalue weighted by Gasteiger charge is 2.04. The molecular formula is C6H5BrN2O3. The Balaban J connectivity index is 3.73. The van der Waals surface area contributed by atoms with E-state index in [2.05, 4.69) is 16.1 Å². The lowest BCUT2D eigenvalue weighted by atomic mass is 10.4. The summed E-state index contributed by atoms with van der Waals surface area (Å²) in [6.07, 6.45) is 1.53. The smallest absolute Gasteiger partial charge is 0.278 e. The highest BCUT2D eigenvalue weighted by molar-refractivity contribution is 9.08. The monoisotopic (exact) mass is 232 g/mol. The summed E-state index contributed by atoms with van der Waals surface area (Å²) in [6.45, 7) is 1.51. The van der Waals surface area contributed by atoms with Crippen molar-refractivity contribution in [2.75, 3.05) is 0 Å². The zero-order valence-electron chi connectivity index (χ0n) is 6.15. The van der Waals surface area contributed by atoms with Crippen molar-refractivity contribution in [1.29, 1.82) is 0 Å². The Hall–Kier alpha value is -1.17. The van der Waals surface area contributed by atoms with E-state index in [1.54, 1.807) is 0 Å². The Morgan fingerprint density at radius 3 is 2.58 bits per heavy atom. The minimum absolute atomic E-state index is 0.318. The molecule has 1 aromatic heterocycles. The second-order valence-corrected chi connectivity index (χ2v) is 2.90. The SMILES string of the molecule is Cc1cn(C=O)c(=O)n(Br)c1=O. The molecule has 0 saturated carbocycles. The van der Waals surface area contributed by atoms with E-state index >= 15 is 0 Å². The average Bonchev–Trinajstić information content (AvgIpc) is 2.08. The van der Waals surface area contributed by atoms with Gasteiger partial charge in [-0.1, -0.05) is 0 Å². The molecule has 1 heterocycles. The number of carbonyl (C=O) groups excluding carboxylic acids is 1. The van der Waals surface area contributed by atoms with Crippen LogP contribution in [-0.2, 0) is 4.79 Å². The molecule has 5 nitrogen and oxygen atoms in total. The van der Waals surface area contributed by atoms with Crippen LogP contribution in [0.15, 0.2) is 15.8 Å². The molecule has 0 spiro atoms. The highest BCUT2D eigenvalue weighted by atomic mass is 79.9. The fourth-order valence-corrected chi connectivity index (χ4v) is 1.20. The Morgan fingerprint density at radius 2 is 2.08 bits per heavy atom. The van der Waals surface area contributed by atoms with Crippen LogP contribution in [0.3, 0.4) is 0 Å². The van der Waals surface area contributed by atoms with E-state index in [0.29, 0.717) is 15.6 Å². The van der Waals surface area contributed by atoms with E-state index < -0.39 is 11.2 Å². The van der Waals surface area contributed by atoms with Crippen LogP contribution in [0.5, 0.6) is 0 Å². The first-order chi connectivity index (χ1) is 5.57. The van der Waals surface area contributed by atoms with E-state index in [1.807, 2.05) is 0 Å². The van der Waals surface area contributed by atoms with Gasteiger partial charge in [-0.05, 0) is 6.92 Å². The van der Waals surface area contributed by atoms with Gasteiger partial charge in [0.05, 0.1) is 16.1 Å². The van der Waals surface area contributed by atoms with Gasteiger partial charge in [0.1, 0.15) is 0 Å². The van der Waals surface area contributed by atoms with Gasteiger partial charge in [-0.15, -0.1) is 0 Å². The molecule has 1 aromatic rings. The summed E-state index contributed by atoms with van der Waals surface area (Å²) in [5.74, 6) is 0. The Labute approximate surface area is 75.6 Å². The second-order valence-electron chi connectivity index (χ2n) is 2.19. The first-order valence-corrected chi connectivity index (χ1v) is 3.75. The van der Waals surface area contributed by atoms with Crippen molar-refractivity contribution in [3.8, 4) is 0 Å². The lowest BCUT2D eigenvalue weighted by Crippen LogP contribution is -2.35. The lowest BCUT2D eigenvalue weighted by molar-refractivity contribution is 0.543. The molecule has 0 aliphatic rings. The average molecular weight is 233 g/mol. The van der Waals surface area contributed by atoms with Crippen LogP contribution in [-0.4, -0.2) is 14.6 Å². The van der Waals surface area contributed by atoms with Gasteiger partial charge in [0.15, 0.2) is 0 Å². The number of hydrogen-bond acceptors (Lipinski definition) is 3. The van der Waals surface area contributed by atoms with E-state index in [9.17, 15) is 14.4 Å². The summed E-state index contributed by atoms with van der Waals surface area (Å²) in [5, 5.41) is 0. The van der Waals surface area contributed by atoms with Gasteiger partial charge in [0.25, 0.3) is 5.56 Å². The number of nitrogens with zero attached hydrogens (tertiary/aromatic N) is 2. The van der Waals surface area contributed by atoms with Crippen molar-refractivity contribution < 1.29 is 4.79 Å². The molecule has 0 radical (unpaired) electrons. The van der Waals surface area contributed by atoms with Crippen LogP contribution >= 0.6 is 16.1 Å². The molecular weight excluding hydrogens is 228 g/mol. The lowest BCUT2D eigenvalue weighted by Gasteiger charge is -1.98.